The molecule has 3 rings (SSSR count). The Hall–Kier alpha value is -3.19. The van der Waals surface area contributed by atoms with Crippen molar-refractivity contribution in [2.24, 2.45) is 0 Å². The lowest BCUT2D eigenvalue weighted by molar-refractivity contribution is -0.116. The molecule has 0 fully saturated rings. The predicted octanol–water partition coefficient (Wildman–Crippen LogP) is 2.64. The van der Waals surface area contributed by atoms with Gasteiger partial charge in [-0.3, -0.25) is 19.3 Å². The Morgan fingerprint density at radius 1 is 0.966 bits per heavy atom. The molecule has 1 aliphatic heterocycles. The molecule has 1 N–H and O–H groups in total. The van der Waals surface area contributed by atoms with Gasteiger partial charge in [-0.15, -0.1) is 0 Å². The molecule has 29 heavy (non-hydrogen) atoms. The zero-order chi connectivity index (χ0) is 20.8. The van der Waals surface area contributed by atoms with E-state index in [4.69, 9.17) is 4.74 Å². The molecular weight excluding hydrogens is 370 g/mol. The molecular formula is C22H25N3O4. The number of amides is 3. The summed E-state index contributed by atoms with van der Waals surface area (Å²) < 4.78 is 5.83. The quantitative estimate of drug-likeness (QED) is 0.661. The molecule has 0 aliphatic carbocycles. The van der Waals surface area contributed by atoms with Crippen molar-refractivity contribution in [3.05, 3.63) is 59.7 Å². The Labute approximate surface area is 170 Å². The molecule has 0 unspecified atom stereocenters. The van der Waals surface area contributed by atoms with Crippen LogP contribution in [0.25, 0.3) is 0 Å². The predicted molar refractivity (Wildman–Crippen MR) is 110 cm³/mol. The topological polar surface area (TPSA) is 79.0 Å². The second kappa shape index (κ2) is 9.34. The summed E-state index contributed by atoms with van der Waals surface area (Å²) in [5.41, 5.74) is 1.16. The molecule has 2 aromatic carbocycles. The number of rotatable bonds is 9. The first-order chi connectivity index (χ1) is 14.0. The molecule has 0 atom stereocenters. The number of hydrogen-bond donors (Lipinski definition) is 1. The Balaban J connectivity index is 1.62. The number of para-hydroxylation sites is 2. The minimum Gasteiger partial charge on any atom is -0.490 e. The van der Waals surface area contributed by atoms with Crippen molar-refractivity contribution in [1.82, 2.24) is 9.80 Å². The van der Waals surface area contributed by atoms with Crippen molar-refractivity contribution >= 4 is 23.4 Å². The number of nitrogens with one attached hydrogen (secondary N) is 1. The number of carbonyl (C=O) groups excluding carboxylic acids is 3. The fraction of sp³-hybridized carbons (Fsp3) is 0.318. The second-order valence-corrected chi connectivity index (χ2v) is 6.66. The van der Waals surface area contributed by atoms with Crippen molar-refractivity contribution in [1.29, 1.82) is 0 Å². The molecule has 0 aromatic heterocycles. The minimum absolute atomic E-state index is 0.324. The van der Waals surface area contributed by atoms with Gasteiger partial charge in [-0.1, -0.05) is 38.1 Å². The zero-order valence-electron chi connectivity index (χ0n) is 16.7. The van der Waals surface area contributed by atoms with Gasteiger partial charge in [-0.05, 0) is 37.4 Å². The number of hydrogen-bond acceptors (Lipinski definition) is 5. The van der Waals surface area contributed by atoms with Gasteiger partial charge in [0, 0.05) is 6.54 Å². The van der Waals surface area contributed by atoms with Gasteiger partial charge in [-0.25, -0.2) is 0 Å². The number of fused-ring (bicyclic) bond motifs is 1. The van der Waals surface area contributed by atoms with Crippen LogP contribution in [0.15, 0.2) is 48.5 Å². The molecule has 0 bridgehead atoms. The highest BCUT2D eigenvalue weighted by atomic mass is 16.5. The van der Waals surface area contributed by atoms with Gasteiger partial charge in [-0.2, -0.15) is 0 Å². The van der Waals surface area contributed by atoms with Crippen LogP contribution >= 0.6 is 0 Å². The summed E-state index contributed by atoms with van der Waals surface area (Å²) >= 11 is 0. The maximum atomic E-state index is 12.5. The minimum atomic E-state index is -0.459. The van der Waals surface area contributed by atoms with Crippen LogP contribution in [0.4, 0.5) is 5.69 Å². The van der Waals surface area contributed by atoms with Gasteiger partial charge < -0.3 is 15.0 Å². The van der Waals surface area contributed by atoms with E-state index in [2.05, 4.69) is 24.1 Å². The number of carbonyl (C=O) groups is 3. The SMILES string of the molecule is CCN(CC)CCOc1ccccc1NC(=O)CN1C(=O)c2ccccc2C1=O. The zero-order valence-corrected chi connectivity index (χ0v) is 16.7. The summed E-state index contributed by atoms with van der Waals surface area (Å²) in [6.45, 7) is 7.00. The van der Waals surface area contributed by atoms with Gasteiger partial charge in [0.15, 0.2) is 0 Å². The van der Waals surface area contributed by atoms with Crippen LogP contribution in [0.1, 0.15) is 34.6 Å². The first kappa shape index (κ1) is 20.5. The van der Waals surface area contributed by atoms with Crippen molar-refractivity contribution in [3.63, 3.8) is 0 Å². The Bertz CT molecular complexity index is 873. The largest absolute Gasteiger partial charge is 0.490 e. The summed E-state index contributed by atoms with van der Waals surface area (Å²) in [6, 6.07) is 13.7. The average molecular weight is 395 g/mol. The van der Waals surface area contributed by atoms with Gasteiger partial charge >= 0.3 is 0 Å². The van der Waals surface area contributed by atoms with Crippen LogP contribution < -0.4 is 10.1 Å². The van der Waals surface area contributed by atoms with E-state index in [1.807, 2.05) is 6.07 Å². The van der Waals surface area contributed by atoms with Crippen molar-refractivity contribution in [2.75, 3.05) is 38.1 Å². The highest BCUT2D eigenvalue weighted by Gasteiger charge is 2.36. The molecule has 3 amide bonds. The van der Waals surface area contributed by atoms with E-state index in [1.165, 1.54) is 0 Å². The van der Waals surface area contributed by atoms with Gasteiger partial charge in [0.05, 0.1) is 16.8 Å². The normalized spacial score (nSPS) is 13.0. The number of likely N-dealkylation sites (N-methyl/N-ethyl adjacent to an activating group) is 1. The highest BCUT2D eigenvalue weighted by molar-refractivity contribution is 6.22. The van der Waals surface area contributed by atoms with Gasteiger partial charge in [0.2, 0.25) is 5.91 Å². The number of nitrogens with zero attached hydrogens (tertiary/aromatic N) is 2. The first-order valence-corrected chi connectivity index (χ1v) is 9.74. The monoisotopic (exact) mass is 395 g/mol. The average Bonchev–Trinajstić information content (AvgIpc) is 2.97. The maximum Gasteiger partial charge on any atom is 0.262 e. The van der Waals surface area contributed by atoms with Crippen LogP contribution in [-0.2, 0) is 4.79 Å². The summed E-state index contributed by atoms with van der Waals surface area (Å²) in [5, 5.41) is 2.75. The molecule has 0 saturated carbocycles. The van der Waals surface area contributed by atoms with Gasteiger partial charge in [0.25, 0.3) is 11.8 Å². The number of benzene rings is 2. The Morgan fingerprint density at radius 3 is 2.17 bits per heavy atom. The molecule has 1 aliphatic rings. The summed E-state index contributed by atoms with van der Waals surface area (Å²) in [5.74, 6) is -0.816. The summed E-state index contributed by atoms with van der Waals surface area (Å²) in [6.07, 6.45) is 0. The van der Waals surface area contributed by atoms with E-state index in [0.29, 0.717) is 29.2 Å². The fourth-order valence-electron chi connectivity index (χ4n) is 3.24. The number of anilines is 1. The third-order valence-corrected chi connectivity index (χ3v) is 4.90. The van der Waals surface area contributed by atoms with E-state index in [-0.39, 0.29) is 6.54 Å². The summed E-state index contributed by atoms with van der Waals surface area (Å²) in [7, 11) is 0. The number of imide groups is 1. The lowest BCUT2D eigenvalue weighted by atomic mass is 10.1. The molecule has 2 aromatic rings. The van der Waals surface area contributed by atoms with Crippen LogP contribution in [0.5, 0.6) is 5.75 Å². The maximum absolute atomic E-state index is 12.5. The molecule has 7 nitrogen and oxygen atoms in total. The number of ether oxygens (including phenoxy) is 1. The molecule has 7 heteroatoms. The Kier molecular flexibility index (Phi) is 6.61. The third-order valence-electron chi connectivity index (χ3n) is 4.90. The first-order valence-electron chi connectivity index (χ1n) is 9.74. The fourth-order valence-corrected chi connectivity index (χ4v) is 3.24. The molecule has 0 saturated heterocycles. The van der Waals surface area contributed by atoms with E-state index in [9.17, 15) is 14.4 Å². The van der Waals surface area contributed by atoms with Crippen LogP contribution in [0.3, 0.4) is 0 Å². The lowest BCUT2D eigenvalue weighted by Gasteiger charge is -2.19. The smallest absolute Gasteiger partial charge is 0.262 e. The van der Waals surface area contributed by atoms with Crippen molar-refractivity contribution in [2.45, 2.75) is 13.8 Å². The van der Waals surface area contributed by atoms with E-state index < -0.39 is 17.7 Å². The van der Waals surface area contributed by atoms with E-state index in [1.54, 1.807) is 42.5 Å². The van der Waals surface area contributed by atoms with Crippen molar-refractivity contribution < 1.29 is 19.1 Å². The highest BCUT2D eigenvalue weighted by Crippen LogP contribution is 2.25. The standard InChI is InChI=1S/C22H25N3O4/c1-3-24(4-2)13-14-29-19-12-8-7-11-18(19)23-20(26)15-25-21(27)16-9-5-6-10-17(16)22(25)28/h5-12H,3-4,13-15H2,1-2H3,(H,23,26). The summed E-state index contributed by atoms with van der Waals surface area (Å²) in [4.78, 5) is 40.6. The van der Waals surface area contributed by atoms with E-state index >= 15 is 0 Å². The molecule has 152 valence electrons. The van der Waals surface area contributed by atoms with Crippen LogP contribution in [0, 0.1) is 0 Å². The van der Waals surface area contributed by atoms with Crippen LogP contribution in [-0.4, -0.2) is 60.3 Å². The molecule has 1 heterocycles. The Morgan fingerprint density at radius 2 is 1.55 bits per heavy atom. The molecule has 0 spiro atoms. The van der Waals surface area contributed by atoms with Crippen molar-refractivity contribution in [3.8, 4) is 5.75 Å². The van der Waals surface area contributed by atoms with Crippen LogP contribution in [0.2, 0.25) is 0 Å². The molecule has 0 radical (unpaired) electrons. The second-order valence-electron chi connectivity index (χ2n) is 6.66. The van der Waals surface area contributed by atoms with E-state index in [0.717, 1.165) is 24.5 Å². The third kappa shape index (κ3) is 4.63. The lowest BCUT2D eigenvalue weighted by Crippen LogP contribution is -2.37. The van der Waals surface area contributed by atoms with Gasteiger partial charge in [0.1, 0.15) is 18.9 Å².